The highest BCUT2D eigenvalue weighted by molar-refractivity contribution is 6.31. The monoisotopic (exact) mass is 391 g/mol. The van der Waals surface area contributed by atoms with Crippen LogP contribution in [0.5, 0.6) is 11.5 Å². The first-order valence-electron chi connectivity index (χ1n) is 8.38. The Kier molecular flexibility index (Phi) is 7.49. The summed E-state index contributed by atoms with van der Waals surface area (Å²) in [4.78, 5) is 23.8. The average Bonchev–Trinajstić information content (AvgIpc) is 2.63. The minimum absolute atomic E-state index is 0.0462. The predicted molar refractivity (Wildman–Crippen MR) is 104 cm³/mol. The van der Waals surface area contributed by atoms with E-state index in [0.717, 1.165) is 11.1 Å². The highest BCUT2D eigenvalue weighted by Gasteiger charge is 2.12. The molecule has 0 aliphatic rings. The SMILES string of the molecule is COc1cc(Cl)c(C)cc1NC(=O)COC(=O)CCOc1cccc(C)c1. The second-order valence-electron chi connectivity index (χ2n) is 5.93. The lowest BCUT2D eigenvalue weighted by Gasteiger charge is -2.12. The van der Waals surface area contributed by atoms with Gasteiger partial charge in [0.05, 0.1) is 25.8 Å². The maximum Gasteiger partial charge on any atom is 0.309 e. The van der Waals surface area contributed by atoms with Crippen LogP contribution in [-0.4, -0.2) is 32.2 Å². The Labute approximate surface area is 163 Å². The number of rotatable bonds is 8. The van der Waals surface area contributed by atoms with Crippen LogP contribution in [0.3, 0.4) is 0 Å². The topological polar surface area (TPSA) is 73.9 Å². The number of anilines is 1. The van der Waals surface area contributed by atoms with E-state index < -0.39 is 18.5 Å². The van der Waals surface area contributed by atoms with Gasteiger partial charge in [-0.05, 0) is 43.2 Å². The van der Waals surface area contributed by atoms with Gasteiger partial charge < -0.3 is 19.5 Å². The molecule has 0 heterocycles. The number of esters is 1. The van der Waals surface area contributed by atoms with Gasteiger partial charge in [-0.1, -0.05) is 23.7 Å². The van der Waals surface area contributed by atoms with E-state index in [4.69, 9.17) is 25.8 Å². The zero-order valence-electron chi connectivity index (χ0n) is 15.5. The van der Waals surface area contributed by atoms with Crippen molar-refractivity contribution < 1.29 is 23.8 Å². The molecule has 0 fully saturated rings. The van der Waals surface area contributed by atoms with E-state index in [9.17, 15) is 9.59 Å². The van der Waals surface area contributed by atoms with Crippen molar-refractivity contribution in [1.82, 2.24) is 0 Å². The molecule has 1 amide bonds. The second kappa shape index (κ2) is 9.83. The number of aryl methyl sites for hydroxylation is 2. The number of benzene rings is 2. The molecule has 0 aliphatic heterocycles. The summed E-state index contributed by atoms with van der Waals surface area (Å²) in [5, 5.41) is 3.17. The Morgan fingerprint density at radius 1 is 1.15 bits per heavy atom. The molecule has 0 unspecified atom stereocenters. The van der Waals surface area contributed by atoms with Gasteiger partial charge in [0.2, 0.25) is 0 Å². The van der Waals surface area contributed by atoms with Crippen molar-refractivity contribution in [2.75, 3.05) is 25.6 Å². The van der Waals surface area contributed by atoms with Gasteiger partial charge in [-0.15, -0.1) is 0 Å². The third-order valence-corrected chi connectivity index (χ3v) is 4.09. The maximum absolute atomic E-state index is 12.0. The first-order valence-corrected chi connectivity index (χ1v) is 8.76. The quantitative estimate of drug-likeness (QED) is 0.690. The number of amides is 1. The third kappa shape index (κ3) is 6.49. The number of carbonyl (C=O) groups is 2. The summed E-state index contributed by atoms with van der Waals surface area (Å²) < 4.78 is 15.6. The molecule has 6 nitrogen and oxygen atoms in total. The molecule has 1 N–H and O–H groups in total. The molecule has 0 saturated heterocycles. The fourth-order valence-electron chi connectivity index (χ4n) is 2.29. The number of methoxy groups -OCH3 is 1. The van der Waals surface area contributed by atoms with E-state index in [1.807, 2.05) is 38.1 Å². The molecule has 0 atom stereocenters. The van der Waals surface area contributed by atoms with Crippen LogP contribution in [0.25, 0.3) is 0 Å². The van der Waals surface area contributed by atoms with Crippen molar-refractivity contribution >= 4 is 29.2 Å². The van der Waals surface area contributed by atoms with Crippen molar-refractivity contribution in [1.29, 1.82) is 0 Å². The van der Waals surface area contributed by atoms with Crippen LogP contribution >= 0.6 is 11.6 Å². The molecule has 144 valence electrons. The van der Waals surface area contributed by atoms with Crippen molar-refractivity contribution in [3.05, 3.63) is 52.5 Å². The molecular formula is C20H22ClNO5. The molecule has 0 aliphatic carbocycles. The smallest absolute Gasteiger partial charge is 0.309 e. The average molecular weight is 392 g/mol. The van der Waals surface area contributed by atoms with Gasteiger partial charge in [-0.2, -0.15) is 0 Å². The number of nitrogens with one attached hydrogen (secondary N) is 1. The molecule has 7 heteroatoms. The van der Waals surface area contributed by atoms with Gasteiger partial charge >= 0.3 is 5.97 Å². The predicted octanol–water partition coefficient (Wildman–Crippen LogP) is 3.92. The summed E-state index contributed by atoms with van der Waals surface area (Å²) in [7, 11) is 1.48. The highest BCUT2D eigenvalue weighted by atomic mass is 35.5. The fourth-order valence-corrected chi connectivity index (χ4v) is 2.45. The molecule has 2 aromatic rings. The molecular weight excluding hydrogens is 370 g/mol. The summed E-state index contributed by atoms with van der Waals surface area (Å²) in [6.07, 6.45) is 0.0462. The summed E-state index contributed by atoms with van der Waals surface area (Å²) in [5.74, 6) is 0.127. The van der Waals surface area contributed by atoms with Gasteiger partial charge in [0.25, 0.3) is 5.91 Å². The summed E-state index contributed by atoms with van der Waals surface area (Å²) in [5.41, 5.74) is 2.32. The lowest BCUT2D eigenvalue weighted by Crippen LogP contribution is -2.22. The van der Waals surface area contributed by atoms with E-state index in [1.165, 1.54) is 7.11 Å². The first kappa shape index (κ1) is 20.6. The van der Waals surface area contributed by atoms with E-state index in [-0.39, 0.29) is 13.0 Å². The molecule has 27 heavy (non-hydrogen) atoms. The van der Waals surface area contributed by atoms with Crippen LogP contribution in [0, 0.1) is 13.8 Å². The van der Waals surface area contributed by atoms with Crippen LogP contribution in [0.2, 0.25) is 5.02 Å². The van der Waals surface area contributed by atoms with Gasteiger partial charge in [0.15, 0.2) is 6.61 Å². The molecule has 2 aromatic carbocycles. The zero-order valence-corrected chi connectivity index (χ0v) is 16.3. The van der Waals surface area contributed by atoms with E-state index in [2.05, 4.69) is 5.32 Å². The summed E-state index contributed by atoms with van der Waals surface area (Å²) in [6.45, 7) is 3.55. The normalized spacial score (nSPS) is 10.2. The van der Waals surface area contributed by atoms with Crippen LogP contribution in [0.1, 0.15) is 17.5 Å². The number of ether oxygens (including phenoxy) is 3. The lowest BCUT2D eigenvalue weighted by atomic mass is 10.2. The Morgan fingerprint density at radius 3 is 2.63 bits per heavy atom. The molecule has 0 spiro atoms. The summed E-state index contributed by atoms with van der Waals surface area (Å²) >= 11 is 6.03. The molecule has 2 rings (SSSR count). The van der Waals surface area contributed by atoms with Crippen LogP contribution in [0.15, 0.2) is 36.4 Å². The molecule has 0 bridgehead atoms. The van der Waals surface area contributed by atoms with E-state index >= 15 is 0 Å². The molecule has 0 radical (unpaired) electrons. The van der Waals surface area contributed by atoms with E-state index in [0.29, 0.717) is 22.2 Å². The first-order chi connectivity index (χ1) is 12.9. The molecule has 0 saturated carbocycles. The third-order valence-electron chi connectivity index (χ3n) is 3.68. The number of halogens is 1. The van der Waals surface area contributed by atoms with Crippen molar-refractivity contribution in [3.8, 4) is 11.5 Å². The Balaban J connectivity index is 1.76. The van der Waals surface area contributed by atoms with Crippen molar-refractivity contribution in [2.45, 2.75) is 20.3 Å². The number of hydrogen-bond acceptors (Lipinski definition) is 5. The van der Waals surface area contributed by atoms with Gasteiger partial charge in [0, 0.05) is 11.1 Å². The minimum Gasteiger partial charge on any atom is -0.495 e. The lowest BCUT2D eigenvalue weighted by molar-refractivity contribution is -0.147. The Bertz CT molecular complexity index is 822. The maximum atomic E-state index is 12.0. The Morgan fingerprint density at radius 2 is 1.93 bits per heavy atom. The number of hydrogen-bond donors (Lipinski definition) is 1. The van der Waals surface area contributed by atoms with Gasteiger partial charge in [-0.3, -0.25) is 9.59 Å². The van der Waals surface area contributed by atoms with Crippen molar-refractivity contribution in [2.24, 2.45) is 0 Å². The second-order valence-corrected chi connectivity index (χ2v) is 6.33. The highest BCUT2D eigenvalue weighted by Crippen LogP contribution is 2.30. The van der Waals surface area contributed by atoms with E-state index in [1.54, 1.807) is 12.1 Å². The summed E-state index contributed by atoms with van der Waals surface area (Å²) in [6, 6.07) is 10.8. The fraction of sp³-hybridized carbons (Fsp3) is 0.300. The van der Waals surface area contributed by atoms with Crippen molar-refractivity contribution in [3.63, 3.8) is 0 Å². The van der Waals surface area contributed by atoms with Crippen LogP contribution < -0.4 is 14.8 Å². The largest absolute Gasteiger partial charge is 0.495 e. The van der Waals surface area contributed by atoms with Gasteiger partial charge in [-0.25, -0.2) is 0 Å². The number of carbonyl (C=O) groups excluding carboxylic acids is 2. The zero-order chi connectivity index (χ0) is 19.8. The van der Waals surface area contributed by atoms with Crippen LogP contribution in [0.4, 0.5) is 5.69 Å². The standard InChI is InChI=1S/C20H22ClNO5/c1-13-5-4-6-15(9-13)26-8-7-20(24)27-12-19(23)22-17-10-14(2)16(21)11-18(17)25-3/h4-6,9-11H,7-8,12H2,1-3H3,(H,22,23). The van der Waals surface area contributed by atoms with Crippen LogP contribution in [-0.2, 0) is 14.3 Å². The molecule has 0 aromatic heterocycles. The van der Waals surface area contributed by atoms with Gasteiger partial charge in [0.1, 0.15) is 11.5 Å². The Hall–Kier alpha value is -2.73. The minimum atomic E-state index is -0.517.